The Kier molecular flexibility index (Phi) is 39.4. The van der Waals surface area contributed by atoms with Crippen LogP contribution in [0.3, 0.4) is 0 Å². The molecule has 0 aliphatic carbocycles. The largest absolute Gasteiger partial charge is 0.472 e. The molecule has 2 unspecified atom stereocenters. The third kappa shape index (κ3) is 41.9. The quantitative estimate of drug-likeness (QED) is 0.0272. The van der Waals surface area contributed by atoms with Crippen LogP contribution in [-0.2, 0) is 32.7 Å². The molecule has 0 aromatic rings. The van der Waals surface area contributed by atoms with Crippen molar-refractivity contribution in [3.63, 3.8) is 0 Å². The summed E-state index contributed by atoms with van der Waals surface area (Å²) in [6.45, 7) is 3.36. The third-order valence-electron chi connectivity index (χ3n) is 7.84. The molecule has 0 aromatic heterocycles. The van der Waals surface area contributed by atoms with Crippen molar-refractivity contribution in [3.05, 3.63) is 122 Å². The number of phosphoric acid groups is 1. The first-order chi connectivity index (χ1) is 27.8. The molecule has 10 heteroatoms. The fourth-order valence-corrected chi connectivity index (χ4v) is 5.58. The van der Waals surface area contributed by atoms with E-state index in [-0.39, 0.29) is 32.6 Å². The molecule has 3 N–H and O–H groups in total. The highest BCUT2D eigenvalue weighted by molar-refractivity contribution is 7.47. The first-order valence-corrected chi connectivity index (χ1v) is 22.5. The van der Waals surface area contributed by atoms with E-state index in [9.17, 15) is 19.0 Å². The second kappa shape index (κ2) is 42.0. The predicted octanol–water partition coefficient (Wildman–Crippen LogP) is 12.2. The number of ether oxygens (including phenoxy) is 2. The van der Waals surface area contributed by atoms with Crippen LogP contribution in [0, 0.1) is 0 Å². The fourth-order valence-electron chi connectivity index (χ4n) is 4.81. The van der Waals surface area contributed by atoms with E-state index in [0.717, 1.165) is 83.5 Å². The fraction of sp³-hybridized carbons (Fsp3) is 0.532. The van der Waals surface area contributed by atoms with Crippen molar-refractivity contribution in [2.75, 3.05) is 26.4 Å². The number of rotatable bonds is 37. The van der Waals surface area contributed by atoms with Crippen molar-refractivity contribution >= 4 is 19.8 Å². The molecule has 9 nitrogen and oxygen atoms in total. The van der Waals surface area contributed by atoms with Crippen LogP contribution in [0.4, 0.5) is 0 Å². The number of esters is 2. The Morgan fingerprint density at radius 2 is 0.930 bits per heavy atom. The maximum atomic E-state index is 12.6. The van der Waals surface area contributed by atoms with Gasteiger partial charge < -0.3 is 20.1 Å². The Bertz CT molecular complexity index is 1340. The lowest BCUT2D eigenvalue weighted by atomic mass is 10.1. The van der Waals surface area contributed by atoms with E-state index in [2.05, 4.69) is 129 Å². The molecule has 0 rings (SSSR count). The van der Waals surface area contributed by atoms with Gasteiger partial charge in [-0.15, -0.1) is 0 Å². The van der Waals surface area contributed by atoms with Crippen LogP contribution in [0.2, 0.25) is 0 Å². The molecule has 0 amide bonds. The Balaban J connectivity index is 4.36. The topological polar surface area (TPSA) is 134 Å². The predicted molar refractivity (Wildman–Crippen MR) is 237 cm³/mol. The summed E-state index contributed by atoms with van der Waals surface area (Å²) >= 11 is 0. The monoisotopic (exact) mass is 812 g/mol. The van der Waals surface area contributed by atoms with Gasteiger partial charge >= 0.3 is 19.8 Å². The molecule has 320 valence electrons. The third-order valence-corrected chi connectivity index (χ3v) is 8.83. The minimum atomic E-state index is -4.41. The zero-order chi connectivity index (χ0) is 41.8. The lowest BCUT2D eigenvalue weighted by molar-refractivity contribution is -0.161. The molecular weight excluding hydrogens is 737 g/mol. The van der Waals surface area contributed by atoms with Gasteiger partial charge in [-0.05, 0) is 96.3 Å². The molecule has 0 aliphatic heterocycles. The average Bonchev–Trinajstić information content (AvgIpc) is 3.20. The highest BCUT2D eigenvalue weighted by atomic mass is 31.2. The summed E-state index contributed by atoms with van der Waals surface area (Å²) in [6.07, 6.45) is 56.6. The van der Waals surface area contributed by atoms with Crippen molar-refractivity contribution in [3.8, 4) is 0 Å². The molecule has 0 saturated heterocycles. The summed E-state index contributed by atoms with van der Waals surface area (Å²) in [4.78, 5) is 34.8. The molecule has 0 heterocycles. The highest BCUT2D eigenvalue weighted by Crippen LogP contribution is 2.43. The number of carbonyl (C=O) groups is 2. The van der Waals surface area contributed by atoms with Crippen LogP contribution in [0.25, 0.3) is 0 Å². The van der Waals surface area contributed by atoms with Gasteiger partial charge in [0.15, 0.2) is 6.10 Å². The van der Waals surface area contributed by atoms with E-state index in [0.29, 0.717) is 19.3 Å². The summed E-state index contributed by atoms with van der Waals surface area (Å²) in [5, 5.41) is 0. The van der Waals surface area contributed by atoms with E-state index in [1.165, 1.54) is 0 Å². The summed E-state index contributed by atoms with van der Waals surface area (Å²) in [5.41, 5.74) is 5.34. The van der Waals surface area contributed by atoms with E-state index >= 15 is 0 Å². The summed E-state index contributed by atoms with van der Waals surface area (Å²) in [5.74, 6) is -0.950. The standard InChI is InChI=1S/C47H74NO8P/c1-3-5-7-9-11-13-15-17-19-21-22-24-25-27-29-31-33-35-37-39-46(49)53-43-45(44-55-57(51,52)54-42-41-48)56-47(50)40-38-36-34-32-30-28-26-23-20-18-16-14-12-10-8-6-4-2/h5-8,11-14,17-20,22,24,26-29,32,34,45H,3-4,9-10,15-16,21,23,25,30-31,33,35-44,48H2,1-2H3,(H,51,52). The van der Waals surface area contributed by atoms with Crippen LogP contribution in [-0.4, -0.2) is 49.3 Å². The molecule has 0 spiro atoms. The van der Waals surface area contributed by atoms with Crippen LogP contribution in [0.1, 0.15) is 129 Å². The summed E-state index contributed by atoms with van der Waals surface area (Å²) in [6, 6.07) is 0. The summed E-state index contributed by atoms with van der Waals surface area (Å²) < 4.78 is 32.7. The maximum Gasteiger partial charge on any atom is 0.472 e. The van der Waals surface area contributed by atoms with E-state index in [4.69, 9.17) is 24.3 Å². The maximum absolute atomic E-state index is 12.6. The molecule has 2 atom stereocenters. The van der Waals surface area contributed by atoms with E-state index in [1.54, 1.807) is 0 Å². The van der Waals surface area contributed by atoms with Gasteiger partial charge in [0, 0.05) is 19.4 Å². The van der Waals surface area contributed by atoms with Gasteiger partial charge in [-0.25, -0.2) is 4.57 Å². The first kappa shape index (κ1) is 53.4. The van der Waals surface area contributed by atoms with E-state index in [1.807, 2.05) is 6.08 Å². The van der Waals surface area contributed by atoms with Gasteiger partial charge in [0.2, 0.25) is 0 Å². The molecule has 57 heavy (non-hydrogen) atoms. The van der Waals surface area contributed by atoms with Crippen molar-refractivity contribution in [2.45, 2.75) is 136 Å². The van der Waals surface area contributed by atoms with Gasteiger partial charge in [0.25, 0.3) is 0 Å². The zero-order valence-corrected chi connectivity index (χ0v) is 35.9. The molecule has 0 radical (unpaired) electrons. The smallest absolute Gasteiger partial charge is 0.462 e. The van der Waals surface area contributed by atoms with Gasteiger partial charge in [0.1, 0.15) is 6.61 Å². The Labute approximate surface area is 345 Å². The van der Waals surface area contributed by atoms with Crippen molar-refractivity contribution in [1.82, 2.24) is 0 Å². The number of phosphoric ester groups is 1. The van der Waals surface area contributed by atoms with Gasteiger partial charge in [-0.3, -0.25) is 18.6 Å². The minimum Gasteiger partial charge on any atom is -0.462 e. The zero-order valence-electron chi connectivity index (χ0n) is 35.0. The number of carbonyl (C=O) groups excluding carboxylic acids is 2. The number of hydrogen-bond acceptors (Lipinski definition) is 8. The average molecular weight is 812 g/mol. The van der Waals surface area contributed by atoms with Gasteiger partial charge in [-0.1, -0.05) is 142 Å². The summed E-state index contributed by atoms with van der Waals surface area (Å²) in [7, 11) is -4.41. The molecule has 0 fully saturated rings. The molecule has 0 saturated carbocycles. The normalized spacial score (nSPS) is 14.5. The highest BCUT2D eigenvalue weighted by Gasteiger charge is 2.25. The van der Waals surface area contributed by atoms with E-state index < -0.39 is 32.5 Å². The first-order valence-electron chi connectivity index (χ1n) is 21.0. The molecular formula is C47H74NO8P. The minimum absolute atomic E-state index is 0.0319. The lowest BCUT2D eigenvalue weighted by Gasteiger charge is -2.19. The SMILES string of the molecule is CCC=CCC=CCC=CCC=CCC=CCCCCCC(=O)OCC(COP(=O)(O)OCCN)OC(=O)CCCC=CCC=CCC=CCC=CCC=CCC. The van der Waals surface area contributed by atoms with Crippen LogP contribution >= 0.6 is 7.82 Å². The number of unbranched alkanes of at least 4 members (excludes halogenated alkanes) is 4. The molecule has 0 aliphatic rings. The van der Waals surface area contributed by atoms with Gasteiger partial charge in [-0.2, -0.15) is 0 Å². The van der Waals surface area contributed by atoms with Crippen LogP contribution < -0.4 is 5.73 Å². The van der Waals surface area contributed by atoms with Gasteiger partial charge in [0.05, 0.1) is 13.2 Å². The number of allylic oxidation sites excluding steroid dienone is 20. The van der Waals surface area contributed by atoms with Crippen LogP contribution in [0.15, 0.2) is 122 Å². The van der Waals surface area contributed by atoms with Crippen molar-refractivity contribution < 1.29 is 37.6 Å². The number of hydrogen-bond donors (Lipinski definition) is 2. The van der Waals surface area contributed by atoms with Crippen molar-refractivity contribution in [2.24, 2.45) is 5.73 Å². The second-order valence-electron chi connectivity index (χ2n) is 13.1. The number of nitrogens with two attached hydrogens (primary N) is 1. The molecule has 0 aromatic carbocycles. The Morgan fingerprint density at radius 3 is 1.37 bits per heavy atom. The second-order valence-corrected chi connectivity index (χ2v) is 14.5. The van der Waals surface area contributed by atoms with Crippen LogP contribution in [0.5, 0.6) is 0 Å². The lowest BCUT2D eigenvalue weighted by Crippen LogP contribution is -2.29. The molecule has 0 bridgehead atoms. The Hall–Kier alpha value is -3.59. The Morgan fingerprint density at radius 1 is 0.526 bits per heavy atom. The van der Waals surface area contributed by atoms with Crippen molar-refractivity contribution in [1.29, 1.82) is 0 Å².